The van der Waals surface area contributed by atoms with E-state index in [1.54, 1.807) is 12.4 Å². The van der Waals surface area contributed by atoms with E-state index < -0.39 is 0 Å². The molecule has 71 heavy (non-hydrogen) atoms. The maximum atomic E-state index is 12.9. The molecule has 12 nitrogen and oxygen atoms in total. The van der Waals surface area contributed by atoms with Gasteiger partial charge in [0.25, 0.3) is 0 Å². The minimum atomic E-state index is -0.0988. The van der Waals surface area contributed by atoms with Gasteiger partial charge in [-0.15, -0.1) is 0 Å². The third kappa shape index (κ3) is 16.4. The maximum absolute atomic E-state index is 12.9. The first-order valence-electron chi connectivity index (χ1n) is 25.8. The molecule has 12 heteroatoms. The van der Waals surface area contributed by atoms with E-state index in [-0.39, 0.29) is 36.9 Å². The number of amides is 2. The Labute approximate surface area is 420 Å². The topological polar surface area (TPSA) is 147 Å². The molecule has 2 saturated carbocycles. The number of nitrogens with zero attached hydrogens (tertiary/aromatic N) is 4. The second-order valence-electron chi connectivity index (χ2n) is 19.1. The molecule has 0 bridgehead atoms. The fourth-order valence-electron chi connectivity index (χ4n) is 9.20. The number of rotatable bonds is 20. The molecule has 0 radical (unpaired) electrons. The molecular weight excluding hydrogens is 889 g/mol. The smallest absolute Gasteiger partial charge is 0.229 e. The molecule has 0 spiro atoms. The third-order valence-electron chi connectivity index (χ3n) is 12.6. The molecule has 374 valence electrons. The van der Waals surface area contributed by atoms with Crippen molar-refractivity contribution in [2.24, 2.45) is 11.8 Å². The fourth-order valence-corrected chi connectivity index (χ4v) is 9.20. The van der Waals surface area contributed by atoms with Crippen molar-refractivity contribution in [3.05, 3.63) is 132 Å². The lowest BCUT2D eigenvalue weighted by atomic mass is 9.86. The molecule has 2 heterocycles. The lowest BCUT2D eigenvalue weighted by molar-refractivity contribution is -0.116. The number of aromatic nitrogens is 4. The third-order valence-corrected chi connectivity index (χ3v) is 12.6. The quantitative estimate of drug-likeness (QED) is 0.0758. The fraction of sp³-hybridized carbons (Fsp3) is 0.424. The van der Waals surface area contributed by atoms with Crippen molar-refractivity contribution < 1.29 is 28.5 Å². The summed E-state index contributed by atoms with van der Waals surface area (Å²) in [5.41, 5.74) is 7.15. The van der Waals surface area contributed by atoms with Crippen molar-refractivity contribution in [2.45, 2.75) is 137 Å². The first-order chi connectivity index (χ1) is 34.5. The molecule has 0 aliphatic heterocycles. The number of hydrogen-bond donors (Lipinski definition) is 2. The number of anilines is 2. The first kappa shape index (κ1) is 52.0. The highest BCUT2D eigenvalue weighted by Gasteiger charge is 2.22. The second kappa shape index (κ2) is 26.4. The van der Waals surface area contributed by atoms with Gasteiger partial charge in [-0.3, -0.25) is 9.59 Å². The Balaban J connectivity index is 0.000000209. The van der Waals surface area contributed by atoms with Crippen LogP contribution in [0, 0.1) is 11.8 Å². The first-order valence-corrected chi connectivity index (χ1v) is 25.8. The van der Waals surface area contributed by atoms with Crippen LogP contribution in [0.3, 0.4) is 0 Å². The summed E-state index contributed by atoms with van der Waals surface area (Å²) in [4.78, 5) is 45.0. The molecule has 2 aliphatic rings. The summed E-state index contributed by atoms with van der Waals surface area (Å²) in [5, 5.41) is 6.06. The molecule has 2 aromatic heterocycles. The standard InChI is InChI=1S/C30H37N3O3.C29H35N3O3/c1-4-35-25-16-12-24(13-17-25)28-20-31-30(27(32-28)18-22-8-6-5-7-9-22)33-29(34)19-23-10-14-26(15-11-23)36-21(2)3;1-4-34-24-15-11-23(12-16-24)27-19-30-29(26(31-27)17-21-7-5-6-8-21)32-28(33)18-22-9-13-25(14-10-22)35-20(2)3/h10-17,20-22H,4-9,18-19H2,1-3H3,(H,31,33,34);9-16,19-21H,4-8,17-18H2,1-3H3,(H,30,32,33). The number of hydrogen-bond acceptors (Lipinski definition) is 10. The van der Waals surface area contributed by atoms with Crippen molar-refractivity contribution >= 4 is 23.5 Å². The van der Waals surface area contributed by atoms with E-state index in [9.17, 15) is 9.59 Å². The largest absolute Gasteiger partial charge is 0.494 e. The van der Waals surface area contributed by atoms with Crippen LogP contribution >= 0.6 is 0 Å². The lowest BCUT2D eigenvalue weighted by Gasteiger charge is -2.22. The molecule has 2 fully saturated rings. The zero-order valence-electron chi connectivity index (χ0n) is 42.5. The average Bonchev–Trinajstić information content (AvgIpc) is 3.88. The van der Waals surface area contributed by atoms with E-state index >= 15 is 0 Å². The van der Waals surface area contributed by atoms with Crippen LogP contribution in [0.4, 0.5) is 11.6 Å². The number of carbonyl (C=O) groups excluding carboxylic acids is 2. The van der Waals surface area contributed by atoms with Gasteiger partial charge in [0.2, 0.25) is 11.8 Å². The summed E-state index contributed by atoms with van der Waals surface area (Å²) in [6.07, 6.45) is 17.1. The van der Waals surface area contributed by atoms with Gasteiger partial charge in [-0.1, -0.05) is 82.1 Å². The van der Waals surface area contributed by atoms with Crippen LogP contribution in [0.15, 0.2) is 109 Å². The Bertz CT molecular complexity index is 2590. The summed E-state index contributed by atoms with van der Waals surface area (Å²) in [6.45, 7) is 13.2. The number of ether oxygens (including phenoxy) is 4. The zero-order chi connectivity index (χ0) is 50.0. The van der Waals surface area contributed by atoms with Crippen molar-refractivity contribution in [1.29, 1.82) is 0 Å². The van der Waals surface area contributed by atoms with Gasteiger partial charge in [-0.25, -0.2) is 19.9 Å². The molecule has 2 N–H and O–H groups in total. The van der Waals surface area contributed by atoms with Crippen molar-refractivity contribution in [1.82, 2.24) is 19.9 Å². The summed E-state index contributed by atoms with van der Waals surface area (Å²) >= 11 is 0. The van der Waals surface area contributed by atoms with E-state index in [4.69, 9.17) is 28.9 Å². The number of benzene rings is 4. The van der Waals surface area contributed by atoms with Gasteiger partial charge in [0.15, 0.2) is 11.6 Å². The highest BCUT2D eigenvalue weighted by atomic mass is 16.5. The zero-order valence-corrected chi connectivity index (χ0v) is 42.5. The van der Waals surface area contributed by atoms with Crippen LogP contribution in [-0.4, -0.2) is 57.2 Å². The van der Waals surface area contributed by atoms with Gasteiger partial charge in [0, 0.05) is 11.1 Å². The Morgan fingerprint density at radius 1 is 0.507 bits per heavy atom. The Morgan fingerprint density at radius 2 is 0.859 bits per heavy atom. The second-order valence-corrected chi connectivity index (χ2v) is 19.1. The maximum Gasteiger partial charge on any atom is 0.229 e. The molecule has 0 unspecified atom stereocenters. The van der Waals surface area contributed by atoms with Gasteiger partial charge in [0.1, 0.15) is 23.0 Å². The van der Waals surface area contributed by atoms with Gasteiger partial charge >= 0.3 is 0 Å². The van der Waals surface area contributed by atoms with Crippen molar-refractivity contribution in [2.75, 3.05) is 23.8 Å². The van der Waals surface area contributed by atoms with Crippen LogP contribution < -0.4 is 29.6 Å². The average molecular weight is 961 g/mol. The summed E-state index contributed by atoms with van der Waals surface area (Å²) in [6, 6.07) is 31.1. The van der Waals surface area contributed by atoms with Crippen molar-refractivity contribution in [3.63, 3.8) is 0 Å². The van der Waals surface area contributed by atoms with Gasteiger partial charge in [-0.05, 0) is 150 Å². The molecule has 4 aromatic carbocycles. The molecule has 2 aliphatic carbocycles. The highest BCUT2D eigenvalue weighted by molar-refractivity contribution is 5.92. The Morgan fingerprint density at radius 3 is 1.21 bits per heavy atom. The van der Waals surface area contributed by atoms with Crippen LogP contribution in [0.25, 0.3) is 22.5 Å². The number of carbonyl (C=O) groups is 2. The normalized spacial score (nSPS) is 13.9. The molecule has 6 aromatic rings. The summed E-state index contributed by atoms with van der Waals surface area (Å²) < 4.78 is 22.5. The Hall–Kier alpha value is -6.82. The van der Waals surface area contributed by atoms with E-state index in [0.29, 0.717) is 36.7 Å². The van der Waals surface area contributed by atoms with Crippen molar-refractivity contribution in [3.8, 4) is 45.5 Å². The molecule has 2 amide bonds. The van der Waals surface area contributed by atoms with Crippen LogP contribution in [0.5, 0.6) is 23.0 Å². The minimum absolute atomic E-state index is 0.0967. The van der Waals surface area contributed by atoms with E-state index in [2.05, 4.69) is 20.6 Å². The predicted molar refractivity (Wildman–Crippen MR) is 282 cm³/mol. The van der Waals surface area contributed by atoms with Gasteiger partial charge < -0.3 is 29.6 Å². The highest BCUT2D eigenvalue weighted by Crippen LogP contribution is 2.32. The predicted octanol–water partition coefficient (Wildman–Crippen LogP) is 12.9. The van der Waals surface area contributed by atoms with Gasteiger partial charge in [-0.2, -0.15) is 0 Å². The van der Waals surface area contributed by atoms with E-state index in [1.807, 2.05) is 139 Å². The minimum Gasteiger partial charge on any atom is -0.494 e. The van der Waals surface area contributed by atoms with E-state index in [1.165, 1.54) is 57.8 Å². The lowest BCUT2D eigenvalue weighted by Crippen LogP contribution is -2.19. The Kier molecular flexibility index (Phi) is 19.3. The molecule has 0 atom stereocenters. The monoisotopic (exact) mass is 961 g/mol. The number of nitrogens with one attached hydrogen (secondary N) is 2. The molecular formula is C59H72N6O6. The summed E-state index contributed by atoms with van der Waals surface area (Å²) in [5.74, 6) is 5.39. The van der Waals surface area contributed by atoms with Gasteiger partial charge in [0.05, 0.1) is 73.4 Å². The van der Waals surface area contributed by atoms with E-state index in [0.717, 1.165) is 80.9 Å². The summed E-state index contributed by atoms with van der Waals surface area (Å²) in [7, 11) is 0. The SMILES string of the molecule is CCOc1ccc(-c2cnc(NC(=O)Cc3ccc(OC(C)C)cc3)c(CC3CCCC3)n2)cc1.CCOc1ccc(-c2cnc(NC(=O)Cc3ccc(OC(C)C)cc3)c(CC3CCCCC3)n2)cc1. The van der Waals surface area contributed by atoms with Crippen LogP contribution in [0.2, 0.25) is 0 Å². The molecule has 0 saturated heterocycles. The van der Waals surface area contributed by atoms with Crippen LogP contribution in [0.1, 0.15) is 122 Å². The molecule has 8 rings (SSSR count). The van der Waals surface area contributed by atoms with Crippen LogP contribution in [-0.2, 0) is 35.3 Å².